The van der Waals surface area contributed by atoms with Crippen molar-refractivity contribution in [3.8, 4) is 0 Å². The molecule has 0 aliphatic carbocycles. The Kier molecular flexibility index (Phi) is 4.00. The Bertz CT molecular complexity index is 385. The van der Waals surface area contributed by atoms with E-state index in [0.29, 0.717) is 12.2 Å². The smallest absolute Gasteiger partial charge is 0.276 e. The van der Waals surface area contributed by atoms with E-state index >= 15 is 0 Å². The Morgan fingerprint density at radius 3 is 2.80 bits per heavy atom. The zero-order valence-electron chi connectivity index (χ0n) is 8.77. The van der Waals surface area contributed by atoms with Crippen molar-refractivity contribution in [2.75, 3.05) is 7.11 Å². The maximum absolute atomic E-state index is 10.8. The molecule has 0 heterocycles. The lowest BCUT2D eigenvalue weighted by atomic mass is 10.1. The van der Waals surface area contributed by atoms with Crippen molar-refractivity contribution >= 4 is 11.8 Å². The lowest BCUT2D eigenvalue weighted by Crippen LogP contribution is -1.97. The highest BCUT2D eigenvalue weighted by molar-refractivity contribution is 5.64. The first-order valence-electron chi connectivity index (χ1n) is 4.58. The number of hydrogen-bond acceptors (Lipinski definition) is 3. The summed E-state index contributed by atoms with van der Waals surface area (Å²) in [6, 6.07) is 4.99. The van der Waals surface area contributed by atoms with E-state index in [0.717, 1.165) is 5.56 Å². The summed E-state index contributed by atoms with van der Waals surface area (Å²) < 4.78 is 4.99. The van der Waals surface area contributed by atoms with Gasteiger partial charge in [-0.1, -0.05) is 24.3 Å². The van der Waals surface area contributed by atoms with E-state index < -0.39 is 0 Å². The summed E-state index contributed by atoms with van der Waals surface area (Å²) >= 11 is 0. The second-order valence-corrected chi connectivity index (χ2v) is 3.04. The molecule has 0 radical (unpaired) electrons. The molecular weight excluding hydrogens is 194 g/mol. The van der Waals surface area contributed by atoms with Crippen molar-refractivity contribution in [2.45, 2.75) is 13.5 Å². The summed E-state index contributed by atoms with van der Waals surface area (Å²) in [5.41, 5.74) is 1.55. The molecule has 0 saturated carbocycles. The van der Waals surface area contributed by atoms with E-state index in [9.17, 15) is 10.1 Å². The predicted octanol–water partition coefficient (Wildman–Crippen LogP) is 2.77. The van der Waals surface area contributed by atoms with E-state index in [1.54, 1.807) is 25.3 Å². The number of nitrogens with zero attached hydrogens (tertiary/aromatic N) is 1. The van der Waals surface area contributed by atoms with E-state index in [-0.39, 0.29) is 10.6 Å². The highest BCUT2D eigenvalue weighted by Crippen LogP contribution is 2.24. The average molecular weight is 207 g/mol. The number of allylic oxidation sites excluding steroid dienone is 1. The van der Waals surface area contributed by atoms with Gasteiger partial charge in [-0.05, 0) is 12.5 Å². The molecule has 0 aromatic heterocycles. The minimum atomic E-state index is -0.380. The van der Waals surface area contributed by atoms with Gasteiger partial charge < -0.3 is 4.74 Å². The highest BCUT2D eigenvalue weighted by Gasteiger charge is 2.14. The molecule has 1 aromatic rings. The first-order chi connectivity index (χ1) is 7.20. The Hall–Kier alpha value is -1.68. The third-order valence-electron chi connectivity index (χ3n) is 2.00. The van der Waals surface area contributed by atoms with Crippen LogP contribution < -0.4 is 0 Å². The zero-order chi connectivity index (χ0) is 11.3. The summed E-state index contributed by atoms with van der Waals surface area (Å²) in [5, 5.41) is 10.8. The van der Waals surface area contributed by atoms with Crippen LogP contribution in [0.3, 0.4) is 0 Å². The van der Waals surface area contributed by atoms with Gasteiger partial charge in [0, 0.05) is 13.2 Å². The summed E-state index contributed by atoms with van der Waals surface area (Å²) in [6.45, 7) is 2.20. The van der Waals surface area contributed by atoms with Gasteiger partial charge >= 0.3 is 0 Å². The molecule has 1 rings (SSSR count). The second kappa shape index (κ2) is 5.26. The summed E-state index contributed by atoms with van der Waals surface area (Å²) in [5.74, 6) is 0. The van der Waals surface area contributed by atoms with Crippen molar-refractivity contribution in [3.05, 3.63) is 45.5 Å². The van der Waals surface area contributed by atoms with Crippen LogP contribution in [0, 0.1) is 10.1 Å². The third-order valence-corrected chi connectivity index (χ3v) is 2.00. The molecule has 0 amide bonds. The lowest BCUT2D eigenvalue weighted by molar-refractivity contribution is -0.385. The number of methoxy groups -OCH3 is 1. The number of nitro benzene ring substituents is 1. The van der Waals surface area contributed by atoms with E-state index in [2.05, 4.69) is 0 Å². The molecular formula is C11H13NO3. The molecule has 0 N–H and O–H groups in total. The van der Waals surface area contributed by atoms with Gasteiger partial charge in [0.25, 0.3) is 5.69 Å². The van der Waals surface area contributed by atoms with E-state index in [4.69, 9.17) is 4.74 Å². The van der Waals surface area contributed by atoms with Crippen LogP contribution in [0.4, 0.5) is 5.69 Å². The van der Waals surface area contributed by atoms with Gasteiger partial charge in [-0.2, -0.15) is 0 Å². The Morgan fingerprint density at radius 1 is 1.53 bits per heavy atom. The summed E-state index contributed by atoms with van der Waals surface area (Å²) in [7, 11) is 1.57. The number of nitro groups is 1. The van der Waals surface area contributed by atoms with Crippen LogP contribution in [0.5, 0.6) is 0 Å². The average Bonchev–Trinajstić information content (AvgIpc) is 2.21. The van der Waals surface area contributed by atoms with E-state index in [1.807, 2.05) is 13.0 Å². The van der Waals surface area contributed by atoms with Gasteiger partial charge in [0.05, 0.1) is 17.1 Å². The molecule has 15 heavy (non-hydrogen) atoms. The van der Waals surface area contributed by atoms with Crippen molar-refractivity contribution in [1.82, 2.24) is 0 Å². The quantitative estimate of drug-likeness (QED) is 0.563. The van der Waals surface area contributed by atoms with Gasteiger partial charge in [-0.25, -0.2) is 0 Å². The fraction of sp³-hybridized carbons (Fsp3) is 0.273. The third kappa shape index (κ3) is 2.63. The Labute approximate surface area is 88.3 Å². The molecule has 80 valence electrons. The van der Waals surface area contributed by atoms with Crippen LogP contribution in [0.15, 0.2) is 24.3 Å². The maximum atomic E-state index is 10.8. The predicted molar refractivity (Wildman–Crippen MR) is 58.5 cm³/mol. The first kappa shape index (κ1) is 11.4. The molecule has 0 unspecified atom stereocenters. The number of rotatable bonds is 4. The van der Waals surface area contributed by atoms with Crippen molar-refractivity contribution in [1.29, 1.82) is 0 Å². The molecule has 4 nitrogen and oxygen atoms in total. The minimum absolute atomic E-state index is 0.114. The fourth-order valence-electron chi connectivity index (χ4n) is 1.40. The Morgan fingerprint density at radius 2 is 2.27 bits per heavy atom. The molecule has 1 aromatic carbocycles. The SMILES string of the molecule is C/C=C\c1c(COC)cccc1[N+](=O)[O-]. The monoisotopic (exact) mass is 207 g/mol. The molecule has 0 aliphatic heterocycles. The van der Waals surface area contributed by atoms with Gasteiger partial charge in [-0.3, -0.25) is 10.1 Å². The standard InChI is InChI=1S/C11H13NO3/c1-3-5-10-9(8-15-2)6-4-7-11(10)12(13)14/h3-7H,8H2,1-2H3/b5-3-. The van der Waals surface area contributed by atoms with Crippen molar-refractivity contribution in [3.63, 3.8) is 0 Å². The number of hydrogen-bond donors (Lipinski definition) is 0. The van der Waals surface area contributed by atoms with Crippen LogP contribution in [0.1, 0.15) is 18.1 Å². The molecule has 0 spiro atoms. The molecule has 0 bridgehead atoms. The van der Waals surface area contributed by atoms with Crippen LogP contribution in [0.2, 0.25) is 0 Å². The summed E-state index contributed by atoms with van der Waals surface area (Å²) in [4.78, 5) is 10.4. The topological polar surface area (TPSA) is 52.4 Å². The highest BCUT2D eigenvalue weighted by atomic mass is 16.6. The number of ether oxygens (including phenoxy) is 1. The van der Waals surface area contributed by atoms with Crippen molar-refractivity contribution < 1.29 is 9.66 Å². The second-order valence-electron chi connectivity index (χ2n) is 3.04. The maximum Gasteiger partial charge on any atom is 0.276 e. The van der Waals surface area contributed by atoms with Crippen LogP contribution >= 0.6 is 0 Å². The Balaban J connectivity index is 3.27. The summed E-state index contributed by atoms with van der Waals surface area (Å²) in [6.07, 6.45) is 3.51. The minimum Gasteiger partial charge on any atom is -0.380 e. The number of benzene rings is 1. The van der Waals surface area contributed by atoms with Crippen LogP contribution in [0.25, 0.3) is 6.08 Å². The van der Waals surface area contributed by atoms with Crippen LogP contribution in [-0.2, 0) is 11.3 Å². The molecule has 0 aliphatic rings. The first-order valence-corrected chi connectivity index (χ1v) is 4.58. The molecule has 0 atom stereocenters. The lowest BCUT2D eigenvalue weighted by Gasteiger charge is -2.05. The zero-order valence-corrected chi connectivity index (χ0v) is 8.77. The fourth-order valence-corrected chi connectivity index (χ4v) is 1.40. The molecule has 0 fully saturated rings. The van der Waals surface area contributed by atoms with Gasteiger partial charge in [-0.15, -0.1) is 0 Å². The van der Waals surface area contributed by atoms with Crippen molar-refractivity contribution in [2.24, 2.45) is 0 Å². The van der Waals surface area contributed by atoms with E-state index in [1.165, 1.54) is 6.07 Å². The molecule has 0 saturated heterocycles. The molecule has 4 heteroatoms. The normalized spacial score (nSPS) is 10.8. The van der Waals surface area contributed by atoms with Gasteiger partial charge in [0.2, 0.25) is 0 Å². The van der Waals surface area contributed by atoms with Gasteiger partial charge in [0.1, 0.15) is 0 Å². The largest absolute Gasteiger partial charge is 0.380 e. The van der Waals surface area contributed by atoms with Crippen LogP contribution in [-0.4, -0.2) is 12.0 Å². The van der Waals surface area contributed by atoms with Gasteiger partial charge in [0.15, 0.2) is 0 Å².